The first-order valence-corrected chi connectivity index (χ1v) is 20.2. The molecule has 3 aliphatic heterocycles. The number of carbonyl (C=O) groups is 2. The molecular weight excluding hydrogens is 737 g/mol. The number of anilines is 1. The fourth-order valence-corrected chi connectivity index (χ4v) is 9.53. The van der Waals surface area contributed by atoms with E-state index in [9.17, 15) is 14.4 Å². The number of nitrogens with zero attached hydrogens (tertiary/aromatic N) is 7. The molecule has 296 valence electrons. The number of amides is 3. The van der Waals surface area contributed by atoms with E-state index in [0.717, 1.165) is 29.3 Å². The normalized spacial score (nSPS) is 22.2. The highest BCUT2D eigenvalue weighted by Gasteiger charge is 2.59. The number of rotatable bonds is 8. The SMILES string of the molecule is C[C@@H]1c2nc(N3CCN(Cc4ccccc4)C3=O)n(-c3ccccc3)c(=O)c2CCN1C(=O)c1cc2cc(C3CCOCC3)ccc2n1[C@@]1(c2noc(=O)[nH]2)C[C@H]1C. The summed E-state index contributed by atoms with van der Waals surface area (Å²) in [5.41, 5.74) is 4.06. The molecule has 3 fully saturated rings. The lowest BCUT2D eigenvalue weighted by Crippen LogP contribution is -2.45. The molecule has 3 aromatic carbocycles. The number of carbonyl (C=O) groups excluding carboxylic acids is 2. The summed E-state index contributed by atoms with van der Waals surface area (Å²) in [6, 6.07) is 26.6. The molecule has 0 bridgehead atoms. The minimum atomic E-state index is -0.799. The van der Waals surface area contributed by atoms with Crippen LogP contribution in [0.2, 0.25) is 0 Å². The standard InChI is InChI=1S/C44H44N8O6/c1-27-25-44(27,40-46-42(55)58-47-40)52-35-14-13-31(30-16-21-57-22-17-30)23-32(35)24-36(52)39(54)49-18-15-34-37(28(49)2)45-41(51(38(34)53)33-11-7-4-8-12-33)50-20-19-48(43(50)56)26-29-9-5-3-6-10-29/h3-14,23-24,27-28,30H,15-22,25-26H2,1-2H3,(H,46,47,55)/t27-,28-,44+/m1/s1. The second-order valence-corrected chi connectivity index (χ2v) is 16.1. The van der Waals surface area contributed by atoms with Crippen molar-refractivity contribution >= 4 is 28.8 Å². The summed E-state index contributed by atoms with van der Waals surface area (Å²) < 4.78 is 14.2. The van der Waals surface area contributed by atoms with Gasteiger partial charge in [0.2, 0.25) is 5.95 Å². The van der Waals surface area contributed by atoms with Crippen molar-refractivity contribution in [3.63, 3.8) is 0 Å². The first-order valence-electron chi connectivity index (χ1n) is 20.2. The topological polar surface area (TPSA) is 152 Å². The highest BCUT2D eigenvalue weighted by molar-refractivity contribution is 6.00. The van der Waals surface area contributed by atoms with Gasteiger partial charge in [-0.15, -0.1) is 0 Å². The monoisotopic (exact) mass is 780 g/mol. The average Bonchev–Trinajstić information content (AvgIpc) is 3.55. The van der Waals surface area contributed by atoms with Gasteiger partial charge in [-0.05, 0) is 85.9 Å². The number of benzene rings is 3. The molecule has 4 aliphatic rings. The fraction of sp³-hybridized carbons (Fsp3) is 0.364. The zero-order valence-electron chi connectivity index (χ0n) is 32.5. The van der Waals surface area contributed by atoms with Gasteiger partial charge in [-0.1, -0.05) is 66.7 Å². The van der Waals surface area contributed by atoms with Crippen molar-refractivity contribution in [1.29, 1.82) is 0 Å². The quantitative estimate of drug-likeness (QED) is 0.205. The largest absolute Gasteiger partial charge is 0.438 e. The number of aromatic amines is 1. The Labute approximate surface area is 333 Å². The van der Waals surface area contributed by atoms with Crippen LogP contribution in [0.5, 0.6) is 0 Å². The molecule has 1 saturated carbocycles. The van der Waals surface area contributed by atoms with Crippen LogP contribution in [-0.2, 0) is 23.2 Å². The Balaban J connectivity index is 1.06. The number of H-pyrrole nitrogens is 1. The summed E-state index contributed by atoms with van der Waals surface area (Å²) in [6.07, 6.45) is 2.79. The Morgan fingerprint density at radius 3 is 2.36 bits per heavy atom. The molecule has 3 aromatic heterocycles. The Morgan fingerprint density at radius 1 is 0.914 bits per heavy atom. The van der Waals surface area contributed by atoms with Gasteiger partial charge in [0.05, 0.1) is 17.4 Å². The van der Waals surface area contributed by atoms with Crippen molar-refractivity contribution < 1.29 is 18.8 Å². The van der Waals surface area contributed by atoms with Gasteiger partial charge in [-0.25, -0.2) is 19.1 Å². The second kappa shape index (κ2) is 14.0. The van der Waals surface area contributed by atoms with Gasteiger partial charge in [-0.3, -0.25) is 24.0 Å². The van der Waals surface area contributed by atoms with Crippen LogP contribution in [0.3, 0.4) is 0 Å². The van der Waals surface area contributed by atoms with E-state index >= 15 is 4.79 Å². The van der Waals surface area contributed by atoms with E-state index in [0.29, 0.717) is 73.6 Å². The van der Waals surface area contributed by atoms with Gasteiger partial charge in [0, 0.05) is 55.9 Å². The van der Waals surface area contributed by atoms with Crippen molar-refractivity contribution in [2.75, 3.05) is 37.7 Å². The van der Waals surface area contributed by atoms with Crippen molar-refractivity contribution in [1.82, 2.24) is 34.1 Å². The summed E-state index contributed by atoms with van der Waals surface area (Å²) in [5.74, 6) is 0.133. The number of hydrogen-bond donors (Lipinski definition) is 1. The van der Waals surface area contributed by atoms with Crippen molar-refractivity contribution in [2.24, 2.45) is 5.92 Å². The zero-order chi connectivity index (χ0) is 39.7. The maximum absolute atomic E-state index is 15.2. The van der Waals surface area contributed by atoms with Crippen LogP contribution in [-0.4, -0.2) is 78.8 Å². The van der Waals surface area contributed by atoms with Crippen LogP contribution in [0.25, 0.3) is 16.6 Å². The highest BCUT2D eigenvalue weighted by Crippen LogP contribution is 2.56. The molecule has 1 aliphatic carbocycles. The summed E-state index contributed by atoms with van der Waals surface area (Å²) in [7, 11) is 0. The van der Waals surface area contributed by atoms with E-state index in [1.165, 1.54) is 10.1 Å². The Kier molecular flexibility index (Phi) is 8.70. The Morgan fingerprint density at radius 2 is 1.66 bits per heavy atom. The number of para-hydroxylation sites is 1. The number of aromatic nitrogens is 5. The molecule has 3 atom stereocenters. The summed E-state index contributed by atoms with van der Waals surface area (Å²) in [5, 5.41) is 5.07. The predicted molar refractivity (Wildman–Crippen MR) is 215 cm³/mol. The van der Waals surface area contributed by atoms with E-state index in [-0.39, 0.29) is 42.3 Å². The number of nitrogens with one attached hydrogen (secondary N) is 1. The minimum Gasteiger partial charge on any atom is -0.381 e. The first-order chi connectivity index (χ1) is 28.2. The van der Waals surface area contributed by atoms with Crippen LogP contribution in [0.1, 0.15) is 83.8 Å². The van der Waals surface area contributed by atoms with Crippen molar-refractivity contribution in [3.05, 3.63) is 140 Å². The lowest BCUT2D eigenvalue weighted by atomic mass is 9.91. The van der Waals surface area contributed by atoms with Gasteiger partial charge in [0.15, 0.2) is 5.82 Å². The molecule has 0 radical (unpaired) electrons. The molecule has 0 spiro atoms. The number of ether oxygens (including phenoxy) is 1. The molecule has 58 heavy (non-hydrogen) atoms. The number of urea groups is 1. The highest BCUT2D eigenvalue weighted by atomic mass is 16.5. The smallest absolute Gasteiger partial charge is 0.381 e. The van der Waals surface area contributed by atoms with Crippen LogP contribution in [0.15, 0.2) is 99.0 Å². The van der Waals surface area contributed by atoms with Gasteiger partial charge in [0.1, 0.15) is 11.2 Å². The predicted octanol–water partition coefficient (Wildman–Crippen LogP) is 5.74. The third-order valence-electron chi connectivity index (χ3n) is 12.7. The lowest BCUT2D eigenvalue weighted by Gasteiger charge is -2.36. The number of fused-ring (bicyclic) bond motifs is 2. The number of hydrogen-bond acceptors (Lipinski definition) is 8. The van der Waals surface area contributed by atoms with Crippen molar-refractivity contribution in [2.45, 2.75) is 63.6 Å². The van der Waals surface area contributed by atoms with Gasteiger partial charge in [0.25, 0.3) is 11.5 Å². The Bertz CT molecular complexity index is 2680. The lowest BCUT2D eigenvalue weighted by molar-refractivity contribution is 0.0658. The average molecular weight is 781 g/mol. The molecule has 10 rings (SSSR count). The minimum absolute atomic E-state index is 0.0465. The molecule has 3 amide bonds. The maximum Gasteiger partial charge on any atom is 0.438 e. The summed E-state index contributed by atoms with van der Waals surface area (Å²) in [6.45, 7) is 6.93. The zero-order valence-corrected chi connectivity index (χ0v) is 32.5. The first kappa shape index (κ1) is 36.1. The summed E-state index contributed by atoms with van der Waals surface area (Å²) >= 11 is 0. The van der Waals surface area contributed by atoms with Crippen LogP contribution < -0.4 is 16.2 Å². The molecule has 14 heteroatoms. The molecule has 2 saturated heterocycles. The van der Waals surface area contributed by atoms with Crippen LogP contribution in [0, 0.1) is 5.92 Å². The molecule has 14 nitrogen and oxygen atoms in total. The molecule has 0 unspecified atom stereocenters. The summed E-state index contributed by atoms with van der Waals surface area (Å²) in [4.78, 5) is 69.3. The van der Waals surface area contributed by atoms with Crippen molar-refractivity contribution in [3.8, 4) is 5.69 Å². The third-order valence-corrected chi connectivity index (χ3v) is 12.7. The third kappa shape index (κ3) is 5.79. The van der Waals surface area contributed by atoms with Gasteiger partial charge < -0.3 is 19.1 Å². The molecule has 6 aromatic rings. The van der Waals surface area contributed by atoms with Gasteiger partial charge >= 0.3 is 11.8 Å². The fourth-order valence-electron chi connectivity index (χ4n) is 9.53. The molecular formula is C44H44N8O6. The van der Waals surface area contributed by atoms with Gasteiger partial charge in [-0.2, -0.15) is 0 Å². The Hall–Kier alpha value is -6.28. The van der Waals surface area contributed by atoms with Crippen LogP contribution >= 0.6 is 0 Å². The molecule has 6 heterocycles. The van der Waals surface area contributed by atoms with E-state index in [2.05, 4.69) is 35.3 Å². The second-order valence-electron chi connectivity index (χ2n) is 16.1. The van der Waals surface area contributed by atoms with Crippen LogP contribution in [0.4, 0.5) is 10.7 Å². The molecule has 1 N–H and O–H groups in total. The van der Waals surface area contributed by atoms with E-state index < -0.39 is 17.3 Å². The van der Waals surface area contributed by atoms with E-state index in [4.69, 9.17) is 14.2 Å². The maximum atomic E-state index is 15.2. The van der Waals surface area contributed by atoms with E-state index in [1.54, 1.807) is 14.7 Å². The van der Waals surface area contributed by atoms with E-state index in [1.807, 2.05) is 78.2 Å².